The Bertz CT molecular complexity index is 434. The highest BCUT2D eigenvalue weighted by Gasteiger charge is 2.43. The lowest BCUT2D eigenvalue weighted by atomic mass is 9.99. The Morgan fingerprint density at radius 1 is 1.10 bits per heavy atom. The molecule has 6 nitrogen and oxygen atoms in total. The SMILES string of the molecule is COc1ccc(CO[C@H]2[C@@H](O)[C@@H](C)O[C@@H](OC)[C@@H]2O)cc1. The van der Waals surface area contributed by atoms with Gasteiger partial charge in [-0.2, -0.15) is 0 Å². The molecule has 0 aromatic heterocycles. The van der Waals surface area contributed by atoms with Crippen LogP contribution in [-0.4, -0.2) is 55.1 Å². The minimum absolute atomic E-state index is 0.270. The molecule has 6 heteroatoms. The second kappa shape index (κ2) is 7.20. The van der Waals surface area contributed by atoms with E-state index in [9.17, 15) is 10.2 Å². The van der Waals surface area contributed by atoms with Gasteiger partial charge in [0.15, 0.2) is 6.29 Å². The third kappa shape index (κ3) is 3.72. The van der Waals surface area contributed by atoms with Gasteiger partial charge >= 0.3 is 0 Å². The van der Waals surface area contributed by atoms with Crippen molar-refractivity contribution in [2.75, 3.05) is 14.2 Å². The molecule has 1 aromatic rings. The minimum Gasteiger partial charge on any atom is -0.497 e. The van der Waals surface area contributed by atoms with Gasteiger partial charge in [0.1, 0.15) is 24.1 Å². The lowest BCUT2D eigenvalue weighted by Crippen LogP contribution is -2.58. The van der Waals surface area contributed by atoms with Crippen molar-refractivity contribution in [3.8, 4) is 5.75 Å². The predicted molar refractivity (Wildman–Crippen MR) is 74.9 cm³/mol. The quantitative estimate of drug-likeness (QED) is 0.833. The molecular weight excluding hydrogens is 276 g/mol. The fraction of sp³-hybridized carbons (Fsp3) is 0.600. The van der Waals surface area contributed by atoms with Crippen LogP contribution in [0.5, 0.6) is 5.75 Å². The summed E-state index contributed by atoms with van der Waals surface area (Å²) < 4.78 is 21.2. The van der Waals surface area contributed by atoms with Crippen molar-refractivity contribution < 1.29 is 29.2 Å². The fourth-order valence-corrected chi connectivity index (χ4v) is 2.30. The molecule has 1 saturated heterocycles. The predicted octanol–water partition coefficient (Wildman–Crippen LogP) is 0.693. The summed E-state index contributed by atoms with van der Waals surface area (Å²) in [5, 5.41) is 20.2. The third-order valence-corrected chi connectivity index (χ3v) is 3.62. The smallest absolute Gasteiger partial charge is 0.186 e. The summed E-state index contributed by atoms with van der Waals surface area (Å²) in [7, 11) is 3.05. The molecule has 5 atom stereocenters. The molecule has 0 bridgehead atoms. The van der Waals surface area contributed by atoms with Crippen LogP contribution in [0.25, 0.3) is 0 Å². The summed E-state index contributed by atoms with van der Waals surface area (Å²) in [5.41, 5.74) is 0.920. The van der Waals surface area contributed by atoms with E-state index in [2.05, 4.69) is 0 Å². The van der Waals surface area contributed by atoms with Crippen molar-refractivity contribution in [1.29, 1.82) is 0 Å². The van der Waals surface area contributed by atoms with Gasteiger partial charge in [-0.25, -0.2) is 0 Å². The van der Waals surface area contributed by atoms with Gasteiger partial charge in [0.2, 0.25) is 0 Å². The average Bonchev–Trinajstić information content (AvgIpc) is 2.51. The Hall–Kier alpha value is -1.18. The van der Waals surface area contributed by atoms with E-state index in [0.29, 0.717) is 0 Å². The van der Waals surface area contributed by atoms with Crippen molar-refractivity contribution >= 4 is 0 Å². The molecule has 0 aliphatic carbocycles. The highest BCUT2D eigenvalue weighted by atomic mass is 16.7. The van der Waals surface area contributed by atoms with E-state index in [4.69, 9.17) is 18.9 Å². The zero-order valence-electron chi connectivity index (χ0n) is 12.4. The molecule has 21 heavy (non-hydrogen) atoms. The summed E-state index contributed by atoms with van der Waals surface area (Å²) in [6.07, 6.45) is -3.99. The first-order chi connectivity index (χ1) is 10.1. The molecule has 2 rings (SSSR count). The van der Waals surface area contributed by atoms with Gasteiger partial charge in [-0.05, 0) is 24.6 Å². The molecule has 1 heterocycles. The Morgan fingerprint density at radius 2 is 1.76 bits per heavy atom. The summed E-state index contributed by atoms with van der Waals surface area (Å²) in [4.78, 5) is 0. The maximum absolute atomic E-state index is 10.1. The van der Waals surface area contributed by atoms with Crippen LogP contribution in [0, 0.1) is 0 Å². The molecule has 1 aliphatic rings. The zero-order chi connectivity index (χ0) is 15.4. The van der Waals surface area contributed by atoms with Gasteiger partial charge in [0.25, 0.3) is 0 Å². The zero-order valence-corrected chi connectivity index (χ0v) is 12.4. The Labute approximate surface area is 124 Å². The van der Waals surface area contributed by atoms with Crippen molar-refractivity contribution in [2.24, 2.45) is 0 Å². The highest BCUT2D eigenvalue weighted by Crippen LogP contribution is 2.25. The second-order valence-electron chi connectivity index (χ2n) is 5.05. The van der Waals surface area contributed by atoms with Crippen LogP contribution < -0.4 is 4.74 Å². The molecule has 0 amide bonds. The fourth-order valence-electron chi connectivity index (χ4n) is 2.30. The van der Waals surface area contributed by atoms with E-state index in [1.165, 1.54) is 7.11 Å². The summed E-state index contributed by atoms with van der Waals surface area (Å²) in [6, 6.07) is 7.40. The Morgan fingerprint density at radius 3 is 2.33 bits per heavy atom. The van der Waals surface area contributed by atoms with Gasteiger partial charge in [0, 0.05) is 7.11 Å². The summed E-state index contributed by atoms with van der Waals surface area (Å²) in [5.74, 6) is 0.762. The van der Waals surface area contributed by atoms with Crippen LogP contribution in [-0.2, 0) is 20.8 Å². The lowest BCUT2D eigenvalue weighted by Gasteiger charge is -2.40. The van der Waals surface area contributed by atoms with E-state index < -0.39 is 30.7 Å². The van der Waals surface area contributed by atoms with Crippen LogP contribution in [0.1, 0.15) is 12.5 Å². The van der Waals surface area contributed by atoms with Crippen molar-refractivity contribution in [2.45, 2.75) is 44.2 Å². The number of methoxy groups -OCH3 is 2. The van der Waals surface area contributed by atoms with E-state index >= 15 is 0 Å². The maximum Gasteiger partial charge on any atom is 0.186 e. The Kier molecular flexibility index (Phi) is 5.55. The van der Waals surface area contributed by atoms with Crippen LogP contribution >= 0.6 is 0 Å². The molecule has 0 unspecified atom stereocenters. The number of ether oxygens (including phenoxy) is 4. The number of aliphatic hydroxyl groups excluding tert-OH is 2. The van der Waals surface area contributed by atoms with E-state index in [0.717, 1.165) is 11.3 Å². The average molecular weight is 298 g/mol. The monoisotopic (exact) mass is 298 g/mol. The minimum atomic E-state index is -1.04. The number of hydrogen-bond donors (Lipinski definition) is 2. The van der Waals surface area contributed by atoms with Gasteiger partial charge in [-0.15, -0.1) is 0 Å². The second-order valence-corrected chi connectivity index (χ2v) is 5.05. The summed E-state index contributed by atoms with van der Waals surface area (Å²) >= 11 is 0. The molecule has 0 spiro atoms. The molecule has 118 valence electrons. The van der Waals surface area contributed by atoms with E-state index in [1.807, 2.05) is 24.3 Å². The van der Waals surface area contributed by atoms with E-state index in [1.54, 1.807) is 14.0 Å². The first-order valence-corrected chi connectivity index (χ1v) is 6.85. The van der Waals surface area contributed by atoms with Crippen molar-refractivity contribution in [3.05, 3.63) is 29.8 Å². The standard InChI is InChI=1S/C15H22O6/c1-9-12(16)14(13(17)15(19-3)21-9)20-8-10-4-6-11(18-2)7-5-10/h4-7,9,12-17H,8H2,1-3H3/t9-,12+,13-,14+,15-/m1/s1. The molecule has 0 saturated carbocycles. The third-order valence-electron chi connectivity index (χ3n) is 3.62. The number of rotatable bonds is 5. The van der Waals surface area contributed by atoms with Crippen LogP contribution in [0.15, 0.2) is 24.3 Å². The lowest BCUT2D eigenvalue weighted by molar-refractivity contribution is -0.295. The highest BCUT2D eigenvalue weighted by molar-refractivity contribution is 5.26. The van der Waals surface area contributed by atoms with Crippen LogP contribution in [0.4, 0.5) is 0 Å². The first kappa shape index (κ1) is 16.2. The normalized spacial score (nSPS) is 32.9. The number of aliphatic hydroxyl groups is 2. The first-order valence-electron chi connectivity index (χ1n) is 6.85. The number of benzene rings is 1. The summed E-state index contributed by atoms with van der Waals surface area (Å²) in [6.45, 7) is 1.98. The Balaban J connectivity index is 1.98. The largest absolute Gasteiger partial charge is 0.497 e. The van der Waals surface area contributed by atoms with Crippen molar-refractivity contribution in [3.63, 3.8) is 0 Å². The molecule has 2 N–H and O–H groups in total. The van der Waals surface area contributed by atoms with Gasteiger partial charge in [0.05, 0.1) is 19.8 Å². The van der Waals surface area contributed by atoms with Crippen LogP contribution in [0.3, 0.4) is 0 Å². The molecule has 0 radical (unpaired) electrons. The van der Waals surface area contributed by atoms with E-state index in [-0.39, 0.29) is 6.61 Å². The molecule has 1 aliphatic heterocycles. The van der Waals surface area contributed by atoms with Gasteiger partial charge < -0.3 is 29.2 Å². The van der Waals surface area contributed by atoms with Crippen molar-refractivity contribution in [1.82, 2.24) is 0 Å². The van der Waals surface area contributed by atoms with Gasteiger partial charge in [-0.3, -0.25) is 0 Å². The van der Waals surface area contributed by atoms with Crippen LogP contribution in [0.2, 0.25) is 0 Å². The maximum atomic E-state index is 10.1. The topological polar surface area (TPSA) is 77.4 Å². The molecular formula is C15H22O6. The molecule has 1 aromatic carbocycles. The number of hydrogen-bond acceptors (Lipinski definition) is 6. The molecule has 1 fully saturated rings. The van der Waals surface area contributed by atoms with Gasteiger partial charge in [-0.1, -0.05) is 12.1 Å².